The second kappa shape index (κ2) is 7.60. The van der Waals surface area contributed by atoms with Gasteiger partial charge in [-0.15, -0.1) is 0 Å². The summed E-state index contributed by atoms with van der Waals surface area (Å²) >= 11 is 0. The number of rotatable bonds is 5. The Morgan fingerprint density at radius 2 is 2.00 bits per heavy atom. The highest BCUT2D eigenvalue weighted by Crippen LogP contribution is 2.29. The summed E-state index contributed by atoms with van der Waals surface area (Å²) in [5, 5.41) is 2.94. The number of hydrogen-bond donors (Lipinski definition) is 1. The summed E-state index contributed by atoms with van der Waals surface area (Å²) in [6.45, 7) is 4.88. The maximum Gasteiger partial charge on any atom is 0.227 e. The van der Waals surface area contributed by atoms with Crippen molar-refractivity contribution in [3.05, 3.63) is 59.2 Å². The number of benzene rings is 2. The highest BCUT2D eigenvalue weighted by molar-refractivity contribution is 6.00. The van der Waals surface area contributed by atoms with E-state index in [0.717, 1.165) is 28.1 Å². The highest BCUT2D eigenvalue weighted by atomic mass is 16.5. The predicted octanol–water partition coefficient (Wildman–Crippen LogP) is 2.98. The SMILES string of the molecule is COc1cccc(CNC(=O)[C@@H]2CC(=O)N(c3cccc(C)c3C)C2)c1. The van der Waals surface area contributed by atoms with E-state index in [2.05, 4.69) is 5.32 Å². The highest BCUT2D eigenvalue weighted by Gasteiger charge is 2.35. The Balaban J connectivity index is 1.64. The van der Waals surface area contributed by atoms with Gasteiger partial charge in [0.1, 0.15) is 5.75 Å². The zero-order chi connectivity index (χ0) is 18.7. The van der Waals surface area contributed by atoms with Crippen LogP contribution in [0.15, 0.2) is 42.5 Å². The van der Waals surface area contributed by atoms with E-state index in [1.807, 2.05) is 56.3 Å². The minimum atomic E-state index is -0.326. The van der Waals surface area contributed by atoms with Gasteiger partial charge in [0.15, 0.2) is 0 Å². The number of carbonyl (C=O) groups excluding carboxylic acids is 2. The third-order valence-corrected chi connectivity index (χ3v) is 4.96. The van der Waals surface area contributed by atoms with Crippen LogP contribution >= 0.6 is 0 Å². The molecule has 0 unspecified atom stereocenters. The van der Waals surface area contributed by atoms with Crippen LogP contribution in [-0.4, -0.2) is 25.5 Å². The zero-order valence-corrected chi connectivity index (χ0v) is 15.4. The number of anilines is 1. The molecule has 1 atom stereocenters. The number of nitrogens with one attached hydrogen (secondary N) is 1. The van der Waals surface area contributed by atoms with Crippen molar-refractivity contribution in [3.63, 3.8) is 0 Å². The molecule has 0 aliphatic carbocycles. The van der Waals surface area contributed by atoms with Gasteiger partial charge < -0.3 is 15.0 Å². The molecule has 0 saturated carbocycles. The number of aryl methyl sites for hydroxylation is 1. The lowest BCUT2D eigenvalue weighted by Gasteiger charge is -2.20. The zero-order valence-electron chi connectivity index (χ0n) is 15.4. The molecule has 1 fully saturated rings. The Bertz CT molecular complexity index is 832. The van der Waals surface area contributed by atoms with Gasteiger partial charge in [0.05, 0.1) is 13.0 Å². The maximum absolute atomic E-state index is 12.5. The Kier molecular flexibility index (Phi) is 5.26. The lowest BCUT2D eigenvalue weighted by molar-refractivity contribution is -0.126. The van der Waals surface area contributed by atoms with Gasteiger partial charge in [-0.2, -0.15) is 0 Å². The normalized spacial score (nSPS) is 16.7. The number of amides is 2. The van der Waals surface area contributed by atoms with Crippen LogP contribution in [0.4, 0.5) is 5.69 Å². The summed E-state index contributed by atoms with van der Waals surface area (Å²) in [7, 11) is 1.61. The second-order valence-corrected chi connectivity index (χ2v) is 6.69. The monoisotopic (exact) mass is 352 g/mol. The summed E-state index contributed by atoms with van der Waals surface area (Å²) < 4.78 is 5.20. The molecule has 1 saturated heterocycles. The lowest BCUT2D eigenvalue weighted by Crippen LogP contribution is -2.32. The summed E-state index contributed by atoms with van der Waals surface area (Å²) in [5.74, 6) is 0.344. The molecule has 0 aromatic heterocycles. The number of nitrogens with zero attached hydrogens (tertiary/aromatic N) is 1. The fourth-order valence-electron chi connectivity index (χ4n) is 3.26. The topological polar surface area (TPSA) is 58.6 Å². The minimum Gasteiger partial charge on any atom is -0.497 e. The van der Waals surface area contributed by atoms with Crippen molar-refractivity contribution in [2.75, 3.05) is 18.6 Å². The molecule has 5 nitrogen and oxygen atoms in total. The Morgan fingerprint density at radius 3 is 2.77 bits per heavy atom. The molecule has 0 radical (unpaired) electrons. The van der Waals surface area contributed by atoms with Crippen LogP contribution in [0.3, 0.4) is 0 Å². The molecular formula is C21H24N2O3. The predicted molar refractivity (Wildman–Crippen MR) is 101 cm³/mol. The van der Waals surface area contributed by atoms with Crippen molar-refractivity contribution >= 4 is 17.5 Å². The smallest absolute Gasteiger partial charge is 0.227 e. The van der Waals surface area contributed by atoms with Gasteiger partial charge in [-0.25, -0.2) is 0 Å². The summed E-state index contributed by atoms with van der Waals surface area (Å²) in [6.07, 6.45) is 0.247. The fraction of sp³-hybridized carbons (Fsp3) is 0.333. The molecule has 136 valence electrons. The van der Waals surface area contributed by atoms with E-state index in [9.17, 15) is 9.59 Å². The van der Waals surface area contributed by atoms with E-state index < -0.39 is 0 Å². The average Bonchev–Trinajstić information content (AvgIpc) is 3.04. The van der Waals surface area contributed by atoms with Crippen molar-refractivity contribution in [2.24, 2.45) is 5.92 Å². The molecule has 2 aromatic carbocycles. The second-order valence-electron chi connectivity index (χ2n) is 6.69. The molecule has 26 heavy (non-hydrogen) atoms. The number of methoxy groups -OCH3 is 1. The average molecular weight is 352 g/mol. The van der Waals surface area contributed by atoms with E-state index in [4.69, 9.17) is 4.74 Å². The first-order valence-corrected chi connectivity index (χ1v) is 8.77. The first-order valence-electron chi connectivity index (χ1n) is 8.77. The first-order chi connectivity index (χ1) is 12.5. The third kappa shape index (κ3) is 3.72. The van der Waals surface area contributed by atoms with Gasteiger partial charge in [-0.05, 0) is 48.7 Å². The Labute approximate surface area is 154 Å². The largest absolute Gasteiger partial charge is 0.497 e. The van der Waals surface area contributed by atoms with E-state index in [-0.39, 0.29) is 24.2 Å². The summed E-state index contributed by atoms with van der Waals surface area (Å²) in [5.41, 5.74) is 4.09. The third-order valence-electron chi connectivity index (χ3n) is 4.96. The Hall–Kier alpha value is -2.82. The van der Waals surface area contributed by atoms with Crippen molar-refractivity contribution in [3.8, 4) is 5.75 Å². The van der Waals surface area contributed by atoms with Crippen LogP contribution < -0.4 is 15.0 Å². The van der Waals surface area contributed by atoms with Crippen molar-refractivity contribution < 1.29 is 14.3 Å². The van der Waals surface area contributed by atoms with E-state index in [0.29, 0.717) is 13.1 Å². The lowest BCUT2D eigenvalue weighted by atomic mass is 10.1. The first kappa shape index (κ1) is 18.0. The van der Waals surface area contributed by atoms with Crippen LogP contribution in [-0.2, 0) is 16.1 Å². The van der Waals surface area contributed by atoms with Gasteiger partial charge >= 0.3 is 0 Å². The standard InChI is InChI=1S/C21H24N2O3/c1-14-6-4-9-19(15(14)2)23-13-17(11-20(23)24)21(25)22-12-16-7-5-8-18(10-16)26-3/h4-10,17H,11-13H2,1-3H3,(H,22,25)/t17-/m1/s1. The molecule has 0 bridgehead atoms. The number of hydrogen-bond acceptors (Lipinski definition) is 3. The van der Waals surface area contributed by atoms with E-state index in [1.54, 1.807) is 12.0 Å². The maximum atomic E-state index is 12.5. The quantitative estimate of drug-likeness (QED) is 0.900. The molecule has 2 amide bonds. The van der Waals surface area contributed by atoms with Crippen molar-refractivity contribution in [1.29, 1.82) is 0 Å². The van der Waals surface area contributed by atoms with Gasteiger partial charge in [0.2, 0.25) is 11.8 Å². The van der Waals surface area contributed by atoms with Crippen LogP contribution in [0.5, 0.6) is 5.75 Å². The molecule has 1 aliphatic heterocycles. The molecular weight excluding hydrogens is 328 g/mol. The summed E-state index contributed by atoms with van der Waals surface area (Å²) in [4.78, 5) is 26.7. The fourth-order valence-corrected chi connectivity index (χ4v) is 3.26. The number of ether oxygens (including phenoxy) is 1. The van der Waals surface area contributed by atoms with Gasteiger partial charge in [0, 0.05) is 25.2 Å². The van der Waals surface area contributed by atoms with E-state index in [1.165, 1.54) is 0 Å². The van der Waals surface area contributed by atoms with Crippen LogP contribution in [0.2, 0.25) is 0 Å². The van der Waals surface area contributed by atoms with E-state index >= 15 is 0 Å². The molecule has 3 rings (SSSR count). The van der Waals surface area contributed by atoms with Crippen molar-refractivity contribution in [2.45, 2.75) is 26.8 Å². The molecule has 1 aliphatic rings. The summed E-state index contributed by atoms with van der Waals surface area (Å²) in [6, 6.07) is 13.5. The van der Waals surface area contributed by atoms with Gasteiger partial charge in [-0.3, -0.25) is 9.59 Å². The minimum absolute atomic E-state index is 0.000213. The number of carbonyl (C=O) groups is 2. The van der Waals surface area contributed by atoms with Crippen LogP contribution in [0, 0.1) is 19.8 Å². The van der Waals surface area contributed by atoms with Crippen LogP contribution in [0.25, 0.3) is 0 Å². The molecule has 5 heteroatoms. The van der Waals surface area contributed by atoms with Gasteiger partial charge in [-0.1, -0.05) is 24.3 Å². The molecule has 0 spiro atoms. The van der Waals surface area contributed by atoms with Crippen LogP contribution in [0.1, 0.15) is 23.1 Å². The van der Waals surface area contributed by atoms with Gasteiger partial charge in [0.25, 0.3) is 0 Å². The molecule has 1 N–H and O–H groups in total. The van der Waals surface area contributed by atoms with Crippen molar-refractivity contribution in [1.82, 2.24) is 5.32 Å². The Morgan fingerprint density at radius 1 is 1.23 bits per heavy atom. The molecule has 2 aromatic rings. The molecule has 1 heterocycles.